The molecule has 0 aromatic rings. The Bertz CT molecular complexity index is 400. The van der Waals surface area contributed by atoms with Crippen LogP contribution in [0.25, 0.3) is 0 Å². The number of rotatable bonds is 12. The quantitative estimate of drug-likeness (QED) is 0.189. The van der Waals surface area contributed by atoms with Crippen molar-refractivity contribution in [3.63, 3.8) is 0 Å². The molecule has 1 aliphatic heterocycles. The smallest absolute Gasteiger partial charge is 0.326 e. The maximum Gasteiger partial charge on any atom is 0.326 e. The number of esters is 1. The van der Waals surface area contributed by atoms with Crippen LogP contribution in [0.4, 0.5) is 0 Å². The summed E-state index contributed by atoms with van der Waals surface area (Å²) in [6.45, 7) is 4.44. The molecule has 0 saturated carbocycles. The van der Waals surface area contributed by atoms with E-state index in [0.717, 1.165) is 12.8 Å². The topological polar surface area (TPSA) is 26.3 Å². The number of hydrogen-bond donors (Lipinski definition) is 0. The van der Waals surface area contributed by atoms with Gasteiger partial charge in [-0.15, -0.1) is 0 Å². The average Bonchev–Trinajstić information content (AvgIpc) is 2.52. The van der Waals surface area contributed by atoms with Crippen LogP contribution >= 0.6 is 0 Å². The molecule has 2 nitrogen and oxygen atoms in total. The molecule has 1 unspecified atom stereocenters. The molecule has 1 atom stereocenters. The normalized spacial score (nSPS) is 17.3. The van der Waals surface area contributed by atoms with Gasteiger partial charge in [0.25, 0.3) is 0 Å². The molecule has 0 radical (unpaired) electrons. The van der Waals surface area contributed by atoms with Crippen molar-refractivity contribution in [3.05, 3.63) is 29.7 Å². The highest BCUT2D eigenvalue weighted by Crippen LogP contribution is 2.27. The minimum atomic E-state index is -0.178. The number of hydrogen-bond acceptors (Lipinski definition) is 2. The van der Waals surface area contributed by atoms with E-state index in [1.165, 1.54) is 57.8 Å². The van der Waals surface area contributed by atoms with Crippen molar-refractivity contribution in [2.75, 3.05) is 0 Å². The summed E-state index contributed by atoms with van der Waals surface area (Å²) < 4.78 is 5.08. The molecule has 2 heteroatoms. The molecular weight excluding hydrogens is 272 g/mol. The Morgan fingerprint density at radius 2 is 1.59 bits per heavy atom. The lowest BCUT2D eigenvalue weighted by atomic mass is 10.0. The van der Waals surface area contributed by atoms with Gasteiger partial charge in [0.15, 0.2) is 5.76 Å². The minimum absolute atomic E-state index is 0.136. The van der Waals surface area contributed by atoms with Gasteiger partial charge in [-0.05, 0) is 31.8 Å². The third-order valence-corrected chi connectivity index (χ3v) is 4.00. The lowest BCUT2D eigenvalue weighted by Gasteiger charge is -2.23. The summed E-state index contributed by atoms with van der Waals surface area (Å²) >= 11 is 0. The molecule has 0 aromatic heterocycles. The molecular formula is C20H32O2. The second kappa shape index (κ2) is 12.3. The maximum atomic E-state index is 11.5. The molecule has 1 fully saturated rings. The maximum absolute atomic E-state index is 11.5. The first-order valence-electron chi connectivity index (χ1n) is 9.13. The lowest BCUT2D eigenvalue weighted by Crippen LogP contribution is -2.30. The fourth-order valence-corrected chi connectivity index (χ4v) is 2.51. The fourth-order valence-electron chi connectivity index (χ4n) is 2.51. The Kier molecular flexibility index (Phi) is 10.5. The summed E-state index contributed by atoms with van der Waals surface area (Å²) in [5.74, 6) is 0.384. The van der Waals surface area contributed by atoms with Crippen LogP contribution in [-0.2, 0) is 9.53 Å². The zero-order chi connectivity index (χ0) is 16.0. The summed E-state index contributed by atoms with van der Waals surface area (Å²) in [7, 11) is 0. The molecule has 1 aliphatic rings. The number of carbonyl (C=O) groups is 1. The monoisotopic (exact) mass is 304 g/mol. The molecule has 0 amide bonds. The van der Waals surface area contributed by atoms with Gasteiger partial charge in [0.2, 0.25) is 0 Å². The van der Waals surface area contributed by atoms with Crippen LogP contribution in [0.3, 0.4) is 0 Å². The Balaban J connectivity index is 2.23. The molecule has 0 bridgehead atoms. The van der Waals surface area contributed by atoms with E-state index in [0.29, 0.717) is 5.76 Å². The molecule has 1 saturated heterocycles. The van der Waals surface area contributed by atoms with E-state index in [-0.39, 0.29) is 11.9 Å². The molecule has 0 aromatic carbocycles. The molecule has 0 N–H and O–H groups in total. The van der Waals surface area contributed by atoms with Gasteiger partial charge >= 0.3 is 5.97 Å². The summed E-state index contributed by atoms with van der Waals surface area (Å²) in [6.07, 6.45) is 19.6. The summed E-state index contributed by atoms with van der Waals surface area (Å²) in [6, 6.07) is 0. The number of carbonyl (C=O) groups excluding carboxylic acids is 1. The predicted molar refractivity (Wildman–Crippen MR) is 92.5 cm³/mol. The highest BCUT2D eigenvalue weighted by Gasteiger charge is 2.34. The first-order chi connectivity index (χ1) is 10.8. The molecule has 0 spiro atoms. The van der Waals surface area contributed by atoms with Crippen molar-refractivity contribution in [2.45, 2.75) is 84.5 Å². The number of unbranched alkanes of at least 4 members (excludes halogenated alkanes) is 9. The van der Waals surface area contributed by atoms with Crippen LogP contribution in [0.15, 0.2) is 29.7 Å². The number of allylic oxidation sites excluding steroid dienone is 1. The van der Waals surface area contributed by atoms with Crippen molar-refractivity contribution >= 4 is 5.97 Å². The summed E-state index contributed by atoms with van der Waals surface area (Å²) in [5, 5.41) is 0. The van der Waals surface area contributed by atoms with Gasteiger partial charge in [-0.3, -0.25) is 4.79 Å². The van der Waals surface area contributed by atoms with Gasteiger partial charge in [-0.25, -0.2) is 0 Å². The predicted octanol–water partition coefficient (Wildman–Crippen LogP) is 6.09. The Labute approximate surface area is 136 Å². The highest BCUT2D eigenvalue weighted by molar-refractivity contribution is 5.84. The van der Waals surface area contributed by atoms with Crippen molar-refractivity contribution in [1.82, 2.24) is 0 Å². The number of ether oxygens (including phenoxy) is 1. The Morgan fingerprint density at radius 3 is 2.27 bits per heavy atom. The van der Waals surface area contributed by atoms with E-state index in [1.54, 1.807) is 0 Å². The first-order valence-corrected chi connectivity index (χ1v) is 9.13. The summed E-state index contributed by atoms with van der Waals surface area (Å²) in [4.78, 5) is 11.5. The van der Waals surface area contributed by atoms with Crippen LogP contribution in [0.2, 0.25) is 0 Å². The Morgan fingerprint density at radius 1 is 0.955 bits per heavy atom. The first kappa shape index (κ1) is 18.8. The SMILES string of the molecule is CCCCCCC=CC1C(=O)OC1=C=CCCCCCCC. The third-order valence-electron chi connectivity index (χ3n) is 4.00. The van der Waals surface area contributed by atoms with E-state index < -0.39 is 0 Å². The van der Waals surface area contributed by atoms with Crippen LogP contribution in [0, 0.1) is 5.92 Å². The van der Waals surface area contributed by atoms with Crippen molar-refractivity contribution < 1.29 is 9.53 Å². The van der Waals surface area contributed by atoms with Crippen LogP contribution < -0.4 is 0 Å². The van der Waals surface area contributed by atoms with Crippen LogP contribution in [0.1, 0.15) is 84.5 Å². The van der Waals surface area contributed by atoms with Gasteiger partial charge in [0, 0.05) is 0 Å². The van der Waals surface area contributed by atoms with E-state index in [4.69, 9.17) is 4.74 Å². The second-order valence-corrected chi connectivity index (χ2v) is 6.09. The molecule has 22 heavy (non-hydrogen) atoms. The van der Waals surface area contributed by atoms with Gasteiger partial charge in [0.05, 0.1) is 0 Å². The van der Waals surface area contributed by atoms with Crippen molar-refractivity contribution in [3.8, 4) is 0 Å². The Hall–Kier alpha value is -1.27. The largest absolute Gasteiger partial charge is 0.420 e. The van der Waals surface area contributed by atoms with E-state index >= 15 is 0 Å². The van der Waals surface area contributed by atoms with E-state index in [2.05, 4.69) is 25.7 Å². The molecule has 124 valence electrons. The summed E-state index contributed by atoms with van der Waals surface area (Å²) in [5.41, 5.74) is 3.15. The highest BCUT2D eigenvalue weighted by atomic mass is 16.6. The molecule has 1 rings (SSSR count). The van der Waals surface area contributed by atoms with Gasteiger partial charge in [0.1, 0.15) is 5.92 Å². The zero-order valence-electron chi connectivity index (χ0n) is 14.4. The van der Waals surface area contributed by atoms with Crippen molar-refractivity contribution in [1.29, 1.82) is 0 Å². The lowest BCUT2D eigenvalue weighted by molar-refractivity contribution is -0.153. The van der Waals surface area contributed by atoms with Gasteiger partial charge < -0.3 is 4.74 Å². The average molecular weight is 304 g/mol. The second-order valence-electron chi connectivity index (χ2n) is 6.09. The molecule has 0 aliphatic carbocycles. The third kappa shape index (κ3) is 7.66. The number of cyclic esters (lactones) is 1. The van der Waals surface area contributed by atoms with Gasteiger partial charge in [-0.2, -0.15) is 0 Å². The van der Waals surface area contributed by atoms with Crippen molar-refractivity contribution in [2.24, 2.45) is 5.92 Å². The standard InChI is InChI=1S/C20H32O2/c1-3-5-7-9-11-13-15-17-19-18(20(21)22-19)16-14-12-10-8-6-4-2/h14-16,18H,3-13H2,1-2H3. The zero-order valence-corrected chi connectivity index (χ0v) is 14.4. The van der Waals surface area contributed by atoms with Crippen LogP contribution in [-0.4, -0.2) is 5.97 Å². The van der Waals surface area contributed by atoms with Gasteiger partial charge in [-0.1, -0.05) is 76.7 Å². The minimum Gasteiger partial charge on any atom is -0.420 e. The van der Waals surface area contributed by atoms with E-state index in [9.17, 15) is 4.79 Å². The van der Waals surface area contributed by atoms with Crippen LogP contribution in [0.5, 0.6) is 0 Å². The van der Waals surface area contributed by atoms with E-state index in [1.807, 2.05) is 12.2 Å². The molecule has 1 heterocycles. The fraction of sp³-hybridized carbons (Fsp3) is 0.700.